The van der Waals surface area contributed by atoms with Crippen molar-refractivity contribution in [3.05, 3.63) is 107 Å². The minimum absolute atomic E-state index is 0.182. The van der Waals surface area contributed by atoms with Crippen LogP contribution in [0.5, 0.6) is 0 Å². The summed E-state index contributed by atoms with van der Waals surface area (Å²) >= 11 is 5.84. The number of carbonyl (C=O) groups is 2. The average molecular weight is 463 g/mol. The Bertz CT molecular complexity index is 1010. The molecule has 2 amide bonds. The summed E-state index contributed by atoms with van der Waals surface area (Å²) < 4.78 is 0. The molecule has 170 valence electrons. The fourth-order valence-electron chi connectivity index (χ4n) is 4.11. The van der Waals surface area contributed by atoms with Crippen molar-refractivity contribution in [1.82, 2.24) is 20.7 Å². The van der Waals surface area contributed by atoms with Crippen LogP contribution in [0.4, 0.5) is 0 Å². The van der Waals surface area contributed by atoms with Crippen LogP contribution in [0.1, 0.15) is 27.5 Å². The van der Waals surface area contributed by atoms with Gasteiger partial charge in [-0.25, -0.2) is 0 Å². The smallest absolute Gasteiger partial charge is 0.269 e. The summed E-state index contributed by atoms with van der Waals surface area (Å²) in [6.45, 7) is 3.47. The number of nitrogens with one attached hydrogen (secondary N) is 2. The molecule has 0 atom stereocenters. The van der Waals surface area contributed by atoms with E-state index in [1.165, 1.54) is 11.1 Å². The van der Waals surface area contributed by atoms with Gasteiger partial charge in [-0.2, -0.15) is 0 Å². The van der Waals surface area contributed by atoms with Gasteiger partial charge in [0, 0.05) is 36.8 Å². The van der Waals surface area contributed by atoms with Crippen LogP contribution >= 0.6 is 11.6 Å². The van der Waals surface area contributed by atoms with Crippen LogP contribution in [-0.2, 0) is 4.79 Å². The van der Waals surface area contributed by atoms with Crippen molar-refractivity contribution in [2.24, 2.45) is 0 Å². The lowest BCUT2D eigenvalue weighted by atomic mass is 9.96. The SMILES string of the molecule is O=C(CN1CCN(C(c2ccccc2)c2ccccc2)CC1)NNC(=O)c1ccc(Cl)cc1. The Labute approximate surface area is 199 Å². The Morgan fingerprint density at radius 3 is 1.85 bits per heavy atom. The van der Waals surface area contributed by atoms with Gasteiger partial charge < -0.3 is 0 Å². The normalized spacial score (nSPS) is 14.7. The molecule has 1 aliphatic heterocycles. The molecule has 0 saturated carbocycles. The van der Waals surface area contributed by atoms with Crippen molar-refractivity contribution in [3.63, 3.8) is 0 Å². The molecule has 0 aliphatic carbocycles. The Balaban J connectivity index is 1.30. The third kappa shape index (κ3) is 6.20. The lowest BCUT2D eigenvalue weighted by Gasteiger charge is -2.39. The first-order valence-electron chi connectivity index (χ1n) is 11.0. The van der Waals surface area contributed by atoms with Gasteiger partial charge in [-0.15, -0.1) is 0 Å². The zero-order valence-electron chi connectivity index (χ0n) is 18.3. The first kappa shape index (κ1) is 23.0. The Kier molecular flexibility index (Phi) is 7.73. The predicted octanol–water partition coefficient (Wildman–Crippen LogP) is 3.51. The van der Waals surface area contributed by atoms with Crippen LogP contribution in [0, 0.1) is 0 Å². The fourth-order valence-corrected chi connectivity index (χ4v) is 4.23. The zero-order chi connectivity index (χ0) is 23.0. The molecule has 7 heteroatoms. The molecular weight excluding hydrogens is 436 g/mol. The molecule has 0 unspecified atom stereocenters. The minimum atomic E-state index is -0.376. The topological polar surface area (TPSA) is 64.7 Å². The molecule has 0 bridgehead atoms. The van der Waals surface area contributed by atoms with Crippen molar-refractivity contribution >= 4 is 23.4 Å². The predicted molar refractivity (Wildman–Crippen MR) is 130 cm³/mol. The van der Waals surface area contributed by atoms with Crippen LogP contribution in [0.25, 0.3) is 0 Å². The van der Waals surface area contributed by atoms with Gasteiger partial charge >= 0.3 is 0 Å². The fraction of sp³-hybridized carbons (Fsp3) is 0.231. The highest BCUT2D eigenvalue weighted by Crippen LogP contribution is 2.29. The number of amides is 2. The van der Waals surface area contributed by atoms with Crippen molar-refractivity contribution in [2.45, 2.75) is 6.04 Å². The molecule has 3 aromatic carbocycles. The van der Waals surface area contributed by atoms with E-state index in [9.17, 15) is 9.59 Å². The Morgan fingerprint density at radius 1 is 0.758 bits per heavy atom. The zero-order valence-corrected chi connectivity index (χ0v) is 19.0. The highest BCUT2D eigenvalue weighted by Gasteiger charge is 2.27. The van der Waals surface area contributed by atoms with E-state index in [-0.39, 0.29) is 24.4 Å². The van der Waals surface area contributed by atoms with Crippen LogP contribution in [0.15, 0.2) is 84.9 Å². The van der Waals surface area contributed by atoms with E-state index in [1.54, 1.807) is 24.3 Å². The van der Waals surface area contributed by atoms with Crippen molar-refractivity contribution in [1.29, 1.82) is 0 Å². The number of nitrogens with zero attached hydrogens (tertiary/aromatic N) is 2. The summed E-state index contributed by atoms with van der Waals surface area (Å²) in [5.74, 6) is -0.619. The van der Waals surface area contributed by atoms with Gasteiger partial charge in [-0.05, 0) is 35.4 Å². The summed E-state index contributed by atoms with van der Waals surface area (Å²) in [7, 11) is 0. The van der Waals surface area contributed by atoms with Crippen molar-refractivity contribution in [3.8, 4) is 0 Å². The van der Waals surface area contributed by atoms with Crippen LogP contribution < -0.4 is 10.9 Å². The molecule has 1 aliphatic rings. The van der Waals surface area contributed by atoms with Gasteiger partial charge in [0.2, 0.25) is 0 Å². The largest absolute Gasteiger partial charge is 0.292 e. The van der Waals surface area contributed by atoms with Crippen LogP contribution in [-0.4, -0.2) is 54.3 Å². The van der Waals surface area contributed by atoms with E-state index in [4.69, 9.17) is 11.6 Å². The number of rotatable bonds is 6. The molecular formula is C26H27ClN4O2. The Morgan fingerprint density at radius 2 is 1.30 bits per heavy atom. The van der Waals surface area contributed by atoms with Gasteiger partial charge in [0.25, 0.3) is 11.8 Å². The third-order valence-corrected chi connectivity index (χ3v) is 6.04. The summed E-state index contributed by atoms with van der Waals surface area (Å²) in [6.07, 6.45) is 0. The first-order chi connectivity index (χ1) is 16.1. The van der Waals surface area contributed by atoms with Crippen LogP contribution in [0.3, 0.4) is 0 Å². The quantitative estimate of drug-likeness (QED) is 0.550. The first-order valence-corrected chi connectivity index (χ1v) is 11.4. The second kappa shape index (κ2) is 11.1. The van der Waals surface area contributed by atoms with Gasteiger partial charge in [0.15, 0.2) is 0 Å². The molecule has 3 aromatic rings. The van der Waals surface area contributed by atoms with E-state index in [0.29, 0.717) is 10.6 Å². The van der Waals surface area contributed by atoms with Gasteiger partial charge in [0.05, 0.1) is 12.6 Å². The molecule has 33 heavy (non-hydrogen) atoms. The maximum Gasteiger partial charge on any atom is 0.269 e. The minimum Gasteiger partial charge on any atom is -0.292 e. The van der Waals surface area contributed by atoms with Crippen LogP contribution in [0.2, 0.25) is 5.02 Å². The standard InChI is InChI=1S/C26H27ClN4O2/c27-23-13-11-22(12-14-23)26(33)29-28-24(32)19-30-15-17-31(18-16-30)25(20-7-3-1-4-8-20)21-9-5-2-6-10-21/h1-14,25H,15-19H2,(H,28,32)(H,29,33). The summed E-state index contributed by atoms with van der Waals surface area (Å²) in [4.78, 5) is 29.1. The van der Waals surface area contributed by atoms with Gasteiger partial charge in [-0.1, -0.05) is 72.3 Å². The summed E-state index contributed by atoms with van der Waals surface area (Å²) in [6, 6.07) is 27.7. The highest BCUT2D eigenvalue weighted by molar-refractivity contribution is 6.30. The monoisotopic (exact) mass is 462 g/mol. The molecule has 1 fully saturated rings. The molecule has 1 saturated heterocycles. The third-order valence-electron chi connectivity index (χ3n) is 5.79. The average Bonchev–Trinajstić information content (AvgIpc) is 2.85. The van der Waals surface area contributed by atoms with Gasteiger partial charge in [0.1, 0.15) is 0 Å². The second-order valence-electron chi connectivity index (χ2n) is 8.05. The highest BCUT2D eigenvalue weighted by atomic mass is 35.5. The summed E-state index contributed by atoms with van der Waals surface area (Å²) in [5.41, 5.74) is 7.92. The number of benzene rings is 3. The number of carbonyl (C=O) groups excluding carboxylic acids is 2. The molecule has 4 rings (SSSR count). The lowest BCUT2D eigenvalue weighted by Crippen LogP contribution is -2.52. The number of piperazine rings is 1. The molecule has 0 aromatic heterocycles. The molecule has 0 spiro atoms. The van der Waals surface area contributed by atoms with E-state index in [2.05, 4.69) is 69.2 Å². The molecule has 1 heterocycles. The number of hydrazine groups is 1. The van der Waals surface area contributed by atoms with Crippen molar-refractivity contribution < 1.29 is 9.59 Å². The number of halogens is 1. The second-order valence-corrected chi connectivity index (χ2v) is 8.48. The number of hydrogen-bond donors (Lipinski definition) is 2. The van der Waals surface area contributed by atoms with E-state index in [1.807, 2.05) is 12.1 Å². The molecule has 0 radical (unpaired) electrons. The maximum atomic E-state index is 12.4. The maximum absolute atomic E-state index is 12.4. The van der Waals surface area contributed by atoms with E-state index in [0.717, 1.165) is 26.2 Å². The van der Waals surface area contributed by atoms with E-state index >= 15 is 0 Å². The van der Waals surface area contributed by atoms with Gasteiger partial charge in [-0.3, -0.25) is 30.2 Å². The molecule has 2 N–H and O–H groups in total. The Hall–Kier alpha value is -3.19. The van der Waals surface area contributed by atoms with Crippen molar-refractivity contribution in [2.75, 3.05) is 32.7 Å². The lowest BCUT2D eigenvalue weighted by molar-refractivity contribution is -0.123. The molecule has 6 nitrogen and oxygen atoms in total. The summed E-state index contributed by atoms with van der Waals surface area (Å²) in [5, 5.41) is 0.552. The number of hydrogen-bond acceptors (Lipinski definition) is 4. The van der Waals surface area contributed by atoms with E-state index < -0.39 is 0 Å².